The molecule has 4 aliphatic heterocycles. The zero-order valence-corrected chi connectivity index (χ0v) is 35.1. The number of rotatable bonds is 6. The minimum absolute atomic E-state index is 0.0182. The predicted molar refractivity (Wildman–Crippen MR) is 209 cm³/mol. The molecule has 0 aromatic heterocycles. The molecule has 1 aromatic carbocycles. The third kappa shape index (κ3) is 8.52. The van der Waals surface area contributed by atoms with E-state index in [9.17, 15) is 48.9 Å². The fraction of sp³-hybridized carbons (Fsp3) is 0.649. The molecule has 5 amide bonds. The van der Waals surface area contributed by atoms with Crippen LogP contribution in [-0.2, 0) is 48.6 Å². The van der Waals surface area contributed by atoms with Gasteiger partial charge in [-0.3, -0.25) is 33.8 Å². The SMILES string of the molecule is COC[C@H]1NC(=O)[C@@H]2CC(Cl)CNN2C(=O)[C@H](C(C)(C)C)OC(=O)[C@@H](C2(C)CC2)NC(=O)[C@@H]2C[C@@]3(O)c4ccc(Cl)c(Cl)c4N[C@H]3N2C(=O)[C@H]([C@H](O)CC(=O)O)NC1=O. The van der Waals surface area contributed by atoms with Gasteiger partial charge in [-0.05, 0) is 30.7 Å². The Labute approximate surface area is 354 Å². The molecule has 0 bridgehead atoms. The minimum Gasteiger partial charge on any atom is -0.481 e. The first kappa shape index (κ1) is 44.6. The number of fused-ring (bicyclic) bond motifs is 6. The maximum atomic E-state index is 14.9. The maximum absolute atomic E-state index is 14.9. The molecule has 4 heterocycles. The molecule has 59 heavy (non-hydrogen) atoms. The molecular formula is C37H48Cl3N7O12. The van der Waals surface area contributed by atoms with Gasteiger partial charge >= 0.3 is 11.9 Å². The standard InChI is InChI=1S/C37H48Cl3N7O12/c1-35(2,3)27-32(55)47-19(10-15(38)13-41-47)29(52)42-18(14-58-5)28(51)43-25(21(48)11-22(49)50)31(54)46-20(30(53)45-26(33(56)59-27)36(4)8-9-36)12-37(57)16-6-7-17(39)23(40)24(16)44-34(37)46/h6-7,15,18-21,25-27,34,41,44,48,57H,8-14H2,1-5H3,(H,42,52)(H,43,51)(H,45,53)(H,49,50)/t15?,18-,19+,20+,21-,25+,26+,27-,34+,37-/m1/s1. The molecule has 10 atom stereocenters. The summed E-state index contributed by atoms with van der Waals surface area (Å²) in [5.74, 6) is -7.55. The molecule has 1 aliphatic carbocycles. The molecule has 1 unspecified atom stereocenters. The average Bonchev–Trinajstić information content (AvgIpc) is 3.73. The van der Waals surface area contributed by atoms with Gasteiger partial charge in [0.1, 0.15) is 42.0 Å². The largest absolute Gasteiger partial charge is 0.481 e. The summed E-state index contributed by atoms with van der Waals surface area (Å²) in [4.78, 5) is 99.1. The smallest absolute Gasteiger partial charge is 0.330 e. The molecule has 1 aromatic rings. The van der Waals surface area contributed by atoms with Gasteiger partial charge in [-0.15, -0.1) is 11.6 Å². The number of carbonyl (C=O) groups is 7. The Morgan fingerprint density at radius 1 is 1.00 bits per heavy atom. The van der Waals surface area contributed by atoms with E-state index in [0.717, 1.165) is 9.91 Å². The quantitative estimate of drug-likeness (QED) is 0.138. The molecule has 4 fully saturated rings. The van der Waals surface area contributed by atoms with Crippen LogP contribution in [0.4, 0.5) is 5.69 Å². The molecule has 0 radical (unpaired) electrons. The molecule has 22 heteroatoms. The van der Waals surface area contributed by atoms with Crippen molar-refractivity contribution in [3.8, 4) is 0 Å². The number of ether oxygens (including phenoxy) is 2. The van der Waals surface area contributed by atoms with Crippen molar-refractivity contribution in [2.75, 3.05) is 25.6 Å². The Hall–Kier alpha value is -3.98. The van der Waals surface area contributed by atoms with Gasteiger partial charge in [-0.2, -0.15) is 0 Å². The van der Waals surface area contributed by atoms with Gasteiger partial charge in [0.2, 0.25) is 23.6 Å². The number of benzene rings is 1. The zero-order valence-electron chi connectivity index (χ0n) is 32.8. The number of aliphatic carboxylic acids is 1. The van der Waals surface area contributed by atoms with Gasteiger partial charge in [-0.25, -0.2) is 10.2 Å². The number of halogens is 3. The van der Waals surface area contributed by atoms with E-state index in [-0.39, 0.29) is 34.3 Å². The Morgan fingerprint density at radius 2 is 1.66 bits per heavy atom. The highest BCUT2D eigenvalue weighted by Gasteiger charge is 2.63. The minimum atomic E-state index is -2.14. The zero-order chi connectivity index (χ0) is 43.5. The van der Waals surface area contributed by atoms with Crippen molar-refractivity contribution < 1.29 is 58.4 Å². The first-order chi connectivity index (χ1) is 27.5. The molecule has 1 saturated carbocycles. The summed E-state index contributed by atoms with van der Waals surface area (Å²) in [5.41, 5.74) is -0.899. The van der Waals surface area contributed by atoms with Crippen LogP contribution < -0.4 is 26.7 Å². The summed E-state index contributed by atoms with van der Waals surface area (Å²) in [6, 6.07) is -5.30. The Morgan fingerprint density at radius 3 is 2.27 bits per heavy atom. The maximum Gasteiger partial charge on any atom is 0.330 e. The highest BCUT2D eigenvalue weighted by Crippen LogP contribution is 2.53. The number of carboxylic acid groups (broad SMARTS) is 1. The lowest BCUT2D eigenvalue weighted by molar-refractivity contribution is -0.176. The van der Waals surface area contributed by atoms with Crippen molar-refractivity contribution in [3.05, 3.63) is 27.7 Å². The van der Waals surface area contributed by atoms with E-state index < -0.39 is 131 Å². The molecular weight excluding hydrogens is 841 g/mol. The summed E-state index contributed by atoms with van der Waals surface area (Å²) < 4.78 is 11.2. The predicted octanol–water partition coefficient (Wildman–Crippen LogP) is -0.0456. The number of hydrogen-bond donors (Lipinski definition) is 8. The van der Waals surface area contributed by atoms with Crippen LogP contribution in [0.25, 0.3) is 0 Å². The Balaban J connectivity index is 1.49. The van der Waals surface area contributed by atoms with Crippen LogP contribution in [0, 0.1) is 10.8 Å². The van der Waals surface area contributed by atoms with E-state index in [4.69, 9.17) is 44.3 Å². The number of hydrazine groups is 1. The van der Waals surface area contributed by atoms with Gasteiger partial charge in [0.25, 0.3) is 5.91 Å². The van der Waals surface area contributed by atoms with Gasteiger partial charge < -0.3 is 51.0 Å². The first-order valence-electron chi connectivity index (χ1n) is 19.0. The number of nitrogens with zero attached hydrogens (tertiary/aromatic N) is 2. The number of anilines is 1. The van der Waals surface area contributed by atoms with Crippen LogP contribution >= 0.6 is 34.8 Å². The molecule has 8 N–H and O–H groups in total. The van der Waals surface area contributed by atoms with Crippen LogP contribution in [-0.4, -0.2) is 141 Å². The van der Waals surface area contributed by atoms with Crippen molar-refractivity contribution in [2.24, 2.45) is 10.8 Å². The monoisotopic (exact) mass is 887 g/mol. The lowest BCUT2D eigenvalue weighted by Crippen LogP contribution is -2.67. The van der Waals surface area contributed by atoms with E-state index >= 15 is 0 Å². The number of methoxy groups -OCH3 is 1. The van der Waals surface area contributed by atoms with E-state index in [2.05, 4.69) is 26.7 Å². The summed E-state index contributed by atoms with van der Waals surface area (Å²) in [6.07, 6.45) is -5.97. The van der Waals surface area contributed by atoms with Crippen LogP contribution in [0.3, 0.4) is 0 Å². The number of aliphatic hydroxyl groups excluding tert-OH is 1. The molecule has 324 valence electrons. The fourth-order valence-electron chi connectivity index (χ4n) is 8.05. The van der Waals surface area contributed by atoms with Crippen LogP contribution in [0.1, 0.15) is 65.4 Å². The third-order valence-electron chi connectivity index (χ3n) is 11.6. The first-order valence-corrected chi connectivity index (χ1v) is 20.2. The molecule has 5 aliphatic rings. The number of alkyl halides is 1. The molecule has 6 rings (SSSR count). The van der Waals surface area contributed by atoms with E-state index in [1.807, 2.05) is 0 Å². The van der Waals surface area contributed by atoms with Crippen molar-refractivity contribution in [3.63, 3.8) is 0 Å². The number of nitrogens with one attached hydrogen (secondary N) is 5. The summed E-state index contributed by atoms with van der Waals surface area (Å²) in [5, 5.41) is 44.2. The van der Waals surface area contributed by atoms with Crippen LogP contribution in [0.15, 0.2) is 12.1 Å². The second-order valence-electron chi connectivity index (χ2n) is 17.1. The number of carboxylic acids is 1. The third-order valence-corrected chi connectivity index (χ3v) is 12.7. The van der Waals surface area contributed by atoms with Crippen LogP contribution in [0.5, 0.6) is 0 Å². The van der Waals surface area contributed by atoms with Gasteiger partial charge in [0, 0.05) is 31.1 Å². The Bertz CT molecular complexity index is 1930. The fourth-order valence-corrected chi connectivity index (χ4v) is 8.66. The molecule has 0 spiro atoms. The topological polar surface area (TPSA) is 265 Å². The number of cyclic esters (lactones) is 1. The number of hydrogen-bond acceptors (Lipinski definition) is 13. The summed E-state index contributed by atoms with van der Waals surface area (Å²) >= 11 is 19.2. The van der Waals surface area contributed by atoms with Crippen molar-refractivity contribution in [1.82, 2.24) is 31.3 Å². The van der Waals surface area contributed by atoms with Gasteiger partial charge in [0.15, 0.2) is 6.10 Å². The highest BCUT2D eigenvalue weighted by molar-refractivity contribution is 6.44. The summed E-state index contributed by atoms with van der Waals surface area (Å²) in [7, 11) is 1.21. The second-order valence-corrected chi connectivity index (χ2v) is 18.5. The molecule has 19 nitrogen and oxygen atoms in total. The van der Waals surface area contributed by atoms with Gasteiger partial charge in [0.05, 0.1) is 40.2 Å². The normalized spacial score (nSPS) is 33.1. The van der Waals surface area contributed by atoms with Gasteiger partial charge in [-0.1, -0.05) is 57.0 Å². The second kappa shape index (κ2) is 16.5. The van der Waals surface area contributed by atoms with Crippen LogP contribution in [0.2, 0.25) is 10.0 Å². The van der Waals surface area contributed by atoms with E-state index in [0.29, 0.717) is 12.8 Å². The molecule has 3 saturated heterocycles. The number of aliphatic hydroxyl groups is 2. The highest BCUT2D eigenvalue weighted by atomic mass is 35.5. The lowest BCUT2D eigenvalue weighted by Gasteiger charge is -2.42. The van der Waals surface area contributed by atoms with Crippen molar-refractivity contribution in [1.29, 1.82) is 0 Å². The number of amides is 5. The van der Waals surface area contributed by atoms with E-state index in [1.165, 1.54) is 19.2 Å². The van der Waals surface area contributed by atoms with Crippen molar-refractivity contribution in [2.45, 2.75) is 119 Å². The summed E-state index contributed by atoms with van der Waals surface area (Å²) in [6.45, 7) is 6.18. The Kier molecular flexibility index (Phi) is 12.4. The lowest BCUT2D eigenvalue weighted by atomic mass is 9.87. The number of carbonyl (C=O) groups excluding carboxylic acids is 6. The van der Waals surface area contributed by atoms with E-state index in [1.54, 1.807) is 27.7 Å². The number of esters is 1. The average molecular weight is 889 g/mol. The van der Waals surface area contributed by atoms with Crippen molar-refractivity contribution >= 4 is 82.0 Å².